The zero-order valence-corrected chi connectivity index (χ0v) is 11.6. The molecule has 0 aromatic rings. The number of hydrogen-bond donors (Lipinski definition) is 1. The van der Waals surface area contributed by atoms with Crippen molar-refractivity contribution in [3.63, 3.8) is 0 Å². The van der Waals surface area contributed by atoms with Gasteiger partial charge in [0, 0.05) is 6.61 Å². The second kappa shape index (κ2) is 6.05. The van der Waals surface area contributed by atoms with Crippen molar-refractivity contribution in [2.45, 2.75) is 58.5 Å². The molecule has 0 amide bonds. The molecule has 3 heteroatoms. The van der Waals surface area contributed by atoms with Crippen LogP contribution in [0.25, 0.3) is 0 Å². The number of aliphatic carboxylic acids is 1. The van der Waals surface area contributed by atoms with Gasteiger partial charge >= 0.3 is 5.97 Å². The fourth-order valence-corrected chi connectivity index (χ4v) is 3.17. The van der Waals surface area contributed by atoms with Crippen LogP contribution in [-0.2, 0) is 9.53 Å². The van der Waals surface area contributed by atoms with E-state index in [-0.39, 0.29) is 0 Å². The highest BCUT2D eigenvalue weighted by molar-refractivity contribution is 5.72. The third-order valence-corrected chi connectivity index (χ3v) is 4.72. The third-order valence-electron chi connectivity index (χ3n) is 4.72. The highest BCUT2D eigenvalue weighted by atomic mass is 16.5. The minimum Gasteiger partial charge on any atom is -0.479 e. The van der Waals surface area contributed by atoms with E-state index in [1.165, 1.54) is 25.7 Å². The fraction of sp³-hybridized carbons (Fsp3) is 0.933. The molecule has 2 fully saturated rings. The second-order valence-electron chi connectivity index (χ2n) is 6.05. The number of ether oxygens (including phenoxy) is 1. The molecule has 2 rings (SSSR count). The summed E-state index contributed by atoms with van der Waals surface area (Å²) < 4.78 is 5.42. The van der Waals surface area contributed by atoms with E-state index < -0.39 is 12.1 Å². The fourth-order valence-electron chi connectivity index (χ4n) is 3.17. The van der Waals surface area contributed by atoms with Gasteiger partial charge in [0.05, 0.1) is 0 Å². The van der Waals surface area contributed by atoms with Gasteiger partial charge in [-0.1, -0.05) is 20.3 Å². The average Bonchev–Trinajstić information content (AvgIpc) is 3.23. The predicted octanol–water partition coefficient (Wildman–Crippen LogP) is 3.33. The number of carboxylic acid groups (broad SMARTS) is 1. The molecule has 0 aromatic heterocycles. The van der Waals surface area contributed by atoms with Gasteiger partial charge in [0.15, 0.2) is 6.10 Å². The molecule has 5 atom stereocenters. The highest BCUT2D eigenvalue weighted by Gasteiger charge is 2.44. The summed E-state index contributed by atoms with van der Waals surface area (Å²) in [5.41, 5.74) is 0. The molecule has 18 heavy (non-hydrogen) atoms. The third kappa shape index (κ3) is 3.71. The lowest BCUT2D eigenvalue weighted by Crippen LogP contribution is -2.23. The second-order valence-corrected chi connectivity index (χ2v) is 6.05. The summed E-state index contributed by atoms with van der Waals surface area (Å²) >= 11 is 0. The van der Waals surface area contributed by atoms with Gasteiger partial charge in [0.25, 0.3) is 0 Å². The van der Waals surface area contributed by atoms with Gasteiger partial charge in [-0.25, -0.2) is 4.79 Å². The first kappa shape index (κ1) is 13.9. The van der Waals surface area contributed by atoms with Crippen molar-refractivity contribution in [1.29, 1.82) is 0 Å². The summed E-state index contributed by atoms with van der Waals surface area (Å²) in [6.45, 7) is 4.77. The summed E-state index contributed by atoms with van der Waals surface area (Å²) in [7, 11) is 0. The predicted molar refractivity (Wildman–Crippen MR) is 70.4 cm³/mol. The van der Waals surface area contributed by atoms with Gasteiger partial charge in [-0.2, -0.15) is 0 Å². The van der Waals surface area contributed by atoms with Crippen molar-refractivity contribution in [3.05, 3.63) is 0 Å². The van der Waals surface area contributed by atoms with Crippen LogP contribution in [0.2, 0.25) is 0 Å². The minimum absolute atomic E-state index is 0.559. The Morgan fingerprint density at radius 3 is 2.44 bits per heavy atom. The van der Waals surface area contributed by atoms with Gasteiger partial charge in [-0.3, -0.25) is 0 Å². The van der Waals surface area contributed by atoms with E-state index in [1.54, 1.807) is 0 Å². The number of rotatable bonds is 9. The lowest BCUT2D eigenvalue weighted by atomic mass is 10.1. The largest absolute Gasteiger partial charge is 0.479 e. The van der Waals surface area contributed by atoms with E-state index in [9.17, 15) is 4.79 Å². The molecule has 0 radical (unpaired) electrons. The van der Waals surface area contributed by atoms with Crippen LogP contribution >= 0.6 is 0 Å². The quantitative estimate of drug-likeness (QED) is 0.686. The Hall–Kier alpha value is -0.570. The molecule has 3 nitrogen and oxygen atoms in total. The van der Waals surface area contributed by atoms with E-state index in [1.807, 2.05) is 6.92 Å². The lowest BCUT2D eigenvalue weighted by molar-refractivity contribution is -0.150. The molecule has 0 aliphatic heterocycles. The standard InChI is InChI=1S/C15H26O3/c1-3-10-7-12(10)9-13-8-11(13)5-6-18-14(4-2)15(16)17/h10-14H,3-9H2,1-2H3,(H,16,17). The number of carbonyl (C=O) groups is 1. The van der Waals surface area contributed by atoms with Crippen molar-refractivity contribution < 1.29 is 14.6 Å². The summed E-state index contributed by atoms with van der Waals surface area (Å²) in [4.78, 5) is 10.8. The molecule has 2 saturated carbocycles. The van der Waals surface area contributed by atoms with Gasteiger partial charge in [-0.15, -0.1) is 0 Å². The van der Waals surface area contributed by atoms with Crippen molar-refractivity contribution in [2.24, 2.45) is 23.7 Å². The van der Waals surface area contributed by atoms with E-state index >= 15 is 0 Å². The summed E-state index contributed by atoms with van der Waals surface area (Å²) in [5.74, 6) is 2.93. The summed E-state index contributed by atoms with van der Waals surface area (Å²) in [6.07, 6.45) is 6.58. The van der Waals surface area contributed by atoms with Crippen LogP contribution in [-0.4, -0.2) is 23.8 Å². The van der Waals surface area contributed by atoms with E-state index in [2.05, 4.69) is 6.92 Å². The molecule has 0 aromatic carbocycles. The molecule has 2 aliphatic rings. The molecule has 0 saturated heterocycles. The monoisotopic (exact) mass is 254 g/mol. The maximum absolute atomic E-state index is 10.8. The van der Waals surface area contributed by atoms with Gasteiger partial charge in [0.1, 0.15) is 0 Å². The lowest BCUT2D eigenvalue weighted by Gasteiger charge is -2.10. The van der Waals surface area contributed by atoms with Crippen LogP contribution in [0.1, 0.15) is 52.4 Å². The van der Waals surface area contributed by atoms with Crippen LogP contribution in [0.5, 0.6) is 0 Å². The minimum atomic E-state index is -0.825. The van der Waals surface area contributed by atoms with Gasteiger partial charge in [-0.05, 0) is 55.8 Å². The van der Waals surface area contributed by atoms with Crippen molar-refractivity contribution in [2.75, 3.05) is 6.61 Å². The number of hydrogen-bond acceptors (Lipinski definition) is 2. The molecule has 5 unspecified atom stereocenters. The first-order chi connectivity index (χ1) is 8.65. The van der Waals surface area contributed by atoms with Crippen LogP contribution in [0.4, 0.5) is 0 Å². The SMILES string of the molecule is CCC(OCCC1CC1CC1CC1CC)C(=O)O. The smallest absolute Gasteiger partial charge is 0.332 e. The molecule has 0 spiro atoms. The van der Waals surface area contributed by atoms with Crippen LogP contribution in [0.15, 0.2) is 0 Å². The topological polar surface area (TPSA) is 46.5 Å². The zero-order valence-electron chi connectivity index (χ0n) is 11.6. The first-order valence-corrected chi connectivity index (χ1v) is 7.50. The molecule has 2 aliphatic carbocycles. The van der Waals surface area contributed by atoms with Crippen molar-refractivity contribution in [1.82, 2.24) is 0 Å². The summed E-state index contributed by atoms with van der Waals surface area (Å²) in [5, 5.41) is 8.86. The Morgan fingerprint density at radius 1 is 1.22 bits per heavy atom. The Kier molecular flexibility index (Phi) is 4.66. The molecular formula is C15H26O3. The Balaban J connectivity index is 1.53. The van der Waals surface area contributed by atoms with E-state index in [4.69, 9.17) is 9.84 Å². The van der Waals surface area contributed by atoms with Crippen LogP contribution in [0.3, 0.4) is 0 Å². The molecule has 1 N–H and O–H groups in total. The average molecular weight is 254 g/mol. The van der Waals surface area contributed by atoms with Gasteiger partial charge < -0.3 is 9.84 Å². The summed E-state index contributed by atoms with van der Waals surface area (Å²) in [6, 6.07) is 0. The maximum atomic E-state index is 10.8. The number of carboxylic acids is 1. The van der Waals surface area contributed by atoms with Gasteiger partial charge in [0.2, 0.25) is 0 Å². The molecule has 104 valence electrons. The molecule has 0 heterocycles. The van der Waals surface area contributed by atoms with Crippen LogP contribution < -0.4 is 0 Å². The van der Waals surface area contributed by atoms with Crippen molar-refractivity contribution in [3.8, 4) is 0 Å². The normalized spacial score (nSPS) is 35.2. The molecule has 0 bridgehead atoms. The maximum Gasteiger partial charge on any atom is 0.332 e. The van der Waals surface area contributed by atoms with E-state index in [0.717, 1.165) is 30.1 Å². The Morgan fingerprint density at radius 2 is 1.89 bits per heavy atom. The molecular weight excluding hydrogens is 228 g/mol. The highest BCUT2D eigenvalue weighted by Crippen LogP contribution is 2.53. The zero-order chi connectivity index (χ0) is 13.1. The van der Waals surface area contributed by atoms with Crippen LogP contribution in [0, 0.1) is 23.7 Å². The van der Waals surface area contributed by atoms with E-state index in [0.29, 0.717) is 13.0 Å². The van der Waals surface area contributed by atoms with Crippen molar-refractivity contribution >= 4 is 5.97 Å². The first-order valence-electron chi connectivity index (χ1n) is 7.50. The Bertz CT molecular complexity index is 289. The Labute approximate surface area is 110 Å².